The first kappa shape index (κ1) is 10.8. The van der Waals surface area contributed by atoms with Gasteiger partial charge in [0.2, 0.25) is 11.8 Å². The quantitative estimate of drug-likeness (QED) is 0.809. The van der Waals surface area contributed by atoms with Crippen molar-refractivity contribution in [2.45, 2.75) is 25.4 Å². The van der Waals surface area contributed by atoms with E-state index in [4.69, 9.17) is 8.85 Å². The van der Waals surface area contributed by atoms with Crippen LogP contribution in [-0.2, 0) is 16.1 Å². The Morgan fingerprint density at radius 3 is 2.95 bits per heavy atom. The summed E-state index contributed by atoms with van der Waals surface area (Å²) in [6.45, 7) is 0.0469. The number of nitrogens with zero attached hydrogens (tertiary/aromatic N) is 1. The molecule has 1 aromatic carbocycles. The Labute approximate surface area is 133 Å². The molecule has 3 rings (SSSR count). The normalized spacial score (nSPS) is 24.0. The van der Waals surface area contributed by atoms with Crippen LogP contribution in [0, 0.1) is 0 Å². The number of rotatable bonds is 2. The van der Waals surface area contributed by atoms with E-state index in [9.17, 15) is 14.4 Å². The average molecular weight is 356 g/mol. The summed E-state index contributed by atoms with van der Waals surface area (Å²) >= 11 is 3.23. The molecular formula is C14H13BrN2O4. The molecule has 0 saturated carbocycles. The summed E-state index contributed by atoms with van der Waals surface area (Å²) in [6, 6.07) is 2.33. The molecule has 0 spiro atoms. The fourth-order valence-corrected chi connectivity index (χ4v) is 3.15. The number of nitrogens with one attached hydrogen (secondary N) is 1. The van der Waals surface area contributed by atoms with E-state index in [1.54, 1.807) is 6.07 Å². The zero-order valence-corrected chi connectivity index (χ0v) is 12.4. The van der Waals surface area contributed by atoms with Gasteiger partial charge in [0.05, 0.1) is 22.2 Å². The molecule has 0 radical (unpaired) electrons. The third-order valence-corrected chi connectivity index (χ3v) is 4.35. The van der Waals surface area contributed by atoms with Crippen molar-refractivity contribution in [3.05, 3.63) is 27.7 Å². The minimum atomic E-state index is -2.66. The van der Waals surface area contributed by atoms with E-state index >= 15 is 0 Å². The van der Waals surface area contributed by atoms with Crippen LogP contribution in [0.2, 0.25) is 0 Å². The second-order valence-corrected chi connectivity index (χ2v) is 5.76. The summed E-state index contributed by atoms with van der Waals surface area (Å²) < 4.78 is 27.2. The van der Waals surface area contributed by atoms with E-state index in [-0.39, 0.29) is 37.0 Å². The van der Waals surface area contributed by atoms with Gasteiger partial charge < -0.3 is 9.64 Å². The molecule has 1 unspecified atom stereocenters. The van der Waals surface area contributed by atoms with E-state index in [0.29, 0.717) is 15.6 Å². The second-order valence-electron chi connectivity index (χ2n) is 4.90. The van der Waals surface area contributed by atoms with Crippen molar-refractivity contribution in [3.8, 4) is 5.75 Å². The zero-order valence-electron chi connectivity index (χ0n) is 13.8. The van der Waals surface area contributed by atoms with Gasteiger partial charge in [0.25, 0.3) is 5.91 Å². The summed E-state index contributed by atoms with van der Waals surface area (Å²) in [5.74, 6) is -1.21. The van der Waals surface area contributed by atoms with E-state index < -0.39 is 19.0 Å². The molecule has 3 amide bonds. The van der Waals surface area contributed by atoms with Crippen molar-refractivity contribution >= 4 is 33.7 Å². The minimum Gasteiger partial charge on any atom is -0.495 e. The lowest BCUT2D eigenvalue weighted by atomic mass is 10.0. The van der Waals surface area contributed by atoms with Crippen LogP contribution in [0.25, 0.3) is 0 Å². The van der Waals surface area contributed by atoms with Gasteiger partial charge in [0.1, 0.15) is 11.8 Å². The first-order chi connectivity index (χ1) is 11.2. The van der Waals surface area contributed by atoms with Gasteiger partial charge in [-0.1, -0.05) is 0 Å². The van der Waals surface area contributed by atoms with E-state index in [0.717, 1.165) is 0 Å². The molecular weight excluding hydrogens is 340 g/mol. The molecule has 6 nitrogen and oxygen atoms in total. The third kappa shape index (κ3) is 2.21. The van der Waals surface area contributed by atoms with Crippen LogP contribution in [0.4, 0.5) is 0 Å². The lowest BCUT2D eigenvalue weighted by Crippen LogP contribution is -2.52. The van der Waals surface area contributed by atoms with Gasteiger partial charge in [-0.15, -0.1) is 0 Å². The number of ether oxygens (including phenoxy) is 1. The first-order valence-corrected chi connectivity index (χ1v) is 7.12. The molecule has 1 aromatic rings. The number of halogens is 1. The van der Waals surface area contributed by atoms with Crippen LogP contribution in [0.15, 0.2) is 16.6 Å². The molecule has 0 bridgehead atoms. The topological polar surface area (TPSA) is 75.7 Å². The Morgan fingerprint density at radius 2 is 2.24 bits per heavy atom. The number of carbonyl (C=O) groups is 3. The predicted molar refractivity (Wildman–Crippen MR) is 76.7 cm³/mol. The van der Waals surface area contributed by atoms with Crippen molar-refractivity contribution in [3.63, 3.8) is 0 Å². The maximum atomic E-state index is 12.6. The lowest BCUT2D eigenvalue weighted by Gasteiger charge is -2.29. The van der Waals surface area contributed by atoms with Crippen LogP contribution >= 0.6 is 15.9 Å². The van der Waals surface area contributed by atoms with Gasteiger partial charge in [-0.2, -0.15) is 0 Å². The number of hydrogen-bond donors (Lipinski definition) is 1. The average Bonchev–Trinajstić information content (AvgIpc) is 2.78. The van der Waals surface area contributed by atoms with Crippen LogP contribution in [-0.4, -0.2) is 35.7 Å². The molecule has 2 aliphatic rings. The van der Waals surface area contributed by atoms with E-state index in [1.807, 2.05) is 0 Å². The molecule has 1 N–H and O–H groups in total. The highest BCUT2D eigenvalue weighted by atomic mass is 79.9. The molecule has 2 heterocycles. The number of carbonyl (C=O) groups excluding carboxylic acids is 3. The van der Waals surface area contributed by atoms with Crippen molar-refractivity contribution in [1.29, 1.82) is 0 Å². The lowest BCUT2D eigenvalue weighted by molar-refractivity contribution is -0.136. The van der Waals surface area contributed by atoms with Crippen molar-refractivity contribution in [2.75, 3.05) is 7.04 Å². The summed E-state index contributed by atoms with van der Waals surface area (Å²) in [5, 5.41) is 2.22. The molecule has 21 heavy (non-hydrogen) atoms. The standard InChI is InChI=1S/C14H13BrN2O4/c1-21-12-8-6-17(10-4-5-11(18)16-13(10)19)14(20)7(8)2-3-9(12)15/h2-3,10H,4-6H2,1H3,(H,16,18,19)/i1D3. The SMILES string of the molecule is [2H]C([2H])([2H])Oc1c(Br)ccc2c1CN(C1CCC(=O)NC1=O)C2=O. The van der Waals surface area contributed by atoms with Crippen LogP contribution in [0.3, 0.4) is 0 Å². The molecule has 1 atom stereocenters. The molecule has 110 valence electrons. The molecule has 0 aliphatic carbocycles. The highest BCUT2D eigenvalue weighted by molar-refractivity contribution is 9.10. The van der Waals surface area contributed by atoms with Crippen LogP contribution in [0.5, 0.6) is 5.75 Å². The molecule has 0 aromatic heterocycles. The Kier molecular flexibility index (Phi) is 2.64. The Morgan fingerprint density at radius 1 is 1.43 bits per heavy atom. The highest BCUT2D eigenvalue weighted by Gasteiger charge is 2.40. The van der Waals surface area contributed by atoms with Gasteiger partial charge in [-0.05, 0) is 34.5 Å². The maximum absolute atomic E-state index is 12.6. The predicted octanol–water partition coefficient (Wildman–Crippen LogP) is 1.22. The fourth-order valence-electron chi connectivity index (χ4n) is 2.70. The zero-order chi connectivity index (χ0) is 17.6. The third-order valence-electron chi connectivity index (χ3n) is 3.72. The largest absolute Gasteiger partial charge is 0.495 e. The Balaban J connectivity index is 1.94. The number of imide groups is 1. The molecule has 2 aliphatic heterocycles. The van der Waals surface area contributed by atoms with E-state index in [1.165, 1.54) is 11.0 Å². The number of piperidine rings is 1. The second kappa shape index (κ2) is 5.14. The fraction of sp³-hybridized carbons (Fsp3) is 0.357. The van der Waals surface area contributed by atoms with Gasteiger partial charge in [0.15, 0.2) is 0 Å². The van der Waals surface area contributed by atoms with Gasteiger partial charge >= 0.3 is 0 Å². The maximum Gasteiger partial charge on any atom is 0.255 e. The van der Waals surface area contributed by atoms with Crippen molar-refractivity contribution in [1.82, 2.24) is 10.2 Å². The van der Waals surface area contributed by atoms with Crippen molar-refractivity contribution < 1.29 is 23.2 Å². The number of fused-ring (bicyclic) bond motifs is 1. The van der Waals surface area contributed by atoms with Crippen LogP contribution < -0.4 is 10.1 Å². The highest BCUT2D eigenvalue weighted by Crippen LogP contribution is 2.38. The Bertz CT molecular complexity index is 750. The number of benzene rings is 1. The number of methoxy groups -OCH3 is 1. The number of amides is 3. The van der Waals surface area contributed by atoms with Crippen LogP contribution in [0.1, 0.15) is 32.9 Å². The minimum absolute atomic E-state index is 0.0469. The van der Waals surface area contributed by atoms with Gasteiger partial charge in [-0.25, -0.2) is 0 Å². The summed E-state index contributed by atoms with van der Waals surface area (Å²) in [6.07, 6.45) is 0.389. The monoisotopic (exact) mass is 355 g/mol. The molecule has 7 heteroatoms. The summed E-state index contributed by atoms with van der Waals surface area (Å²) in [4.78, 5) is 37.2. The smallest absolute Gasteiger partial charge is 0.255 e. The van der Waals surface area contributed by atoms with Crippen molar-refractivity contribution in [2.24, 2.45) is 0 Å². The molecule has 1 fully saturated rings. The first-order valence-electron chi connectivity index (χ1n) is 7.82. The number of hydrogen-bond acceptors (Lipinski definition) is 4. The van der Waals surface area contributed by atoms with E-state index in [2.05, 4.69) is 21.2 Å². The van der Waals surface area contributed by atoms with Gasteiger partial charge in [0, 0.05) is 17.5 Å². The van der Waals surface area contributed by atoms with Gasteiger partial charge in [-0.3, -0.25) is 19.7 Å². The molecule has 1 saturated heterocycles. The Hall–Kier alpha value is -1.89. The summed E-state index contributed by atoms with van der Waals surface area (Å²) in [5.41, 5.74) is 0.706. The summed E-state index contributed by atoms with van der Waals surface area (Å²) in [7, 11) is -2.66.